The molecule has 5 rings (SSSR count). The summed E-state index contributed by atoms with van der Waals surface area (Å²) in [5.74, 6) is -6.46. The van der Waals surface area contributed by atoms with Crippen molar-refractivity contribution in [3.63, 3.8) is 0 Å². The van der Waals surface area contributed by atoms with Gasteiger partial charge in [-0.1, -0.05) is 25.1 Å². The lowest BCUT2D eigenvalue weighted by Crippen LogP contribution is -2.43. The molecule has 2 atom stereocenters. The zero-order valence-electron chi connectivity index (χ0n) is 25.7. The van der Waals surface area contributed by atoms with Gasteiger partial charge in [-0.05, 0) is 60.9 Å². The lowest BCUT2D eigenvalue weighted by Gasteiger charge is -2.22. The molecule has 0 saturated heterocycles. The Morgan fingerprint density at radius 1 is 1.00 bits per heavy atom. The number of fused-ring (bicyclic) bond motifs is 2. The van der Waals surface area contributed by atoms with Crippen molar-refractivity contribution >= 4 is 39.4 Å². The molecule has 0 radical (unpaired) electrons. The molecule has 0 aliphatic rings. The van der Waals surface area contributed by atoms with E-state index < -0.39 is 65.3 Å². The molecule has 3 aromatic carbocycles. The topological polar surface area (TPSA) is 113 Å². The van der Waals surface area contributed by atoms with Crippen molar-refractivity contribution in [2.45, 2.75) is 44.9 Å². The van der Waals surface area contributed by atoms with Gasteiger partial charge in [-0.3, -0.25) is 14.6 Å². The number of rotatable bonds is 9. The summed E-state index contributed by atoms with van der Waals surface area (Å²) in [4.78, 5) is 43.1. The van der Waals surface area contributed by atoms with Crippen LogP contribution in [0.2, 0.25) is 0 Å². The van der Waals surface area contributed by atoms with Crippen molar-refractivity contribution in [1.29, 1.82) is 0 Å². The van der Waals surface area contributed by atoms with Gasteiger partial charge in [0.2, 0.25) is 0 Å². The van der Waals surface area contributed by atoms with Crippen molar-refractivity contribution in [3.05, 3.63) is 105 Å². The number of carbonyl (C=O) groups excluding carboxylic acids is 1. The number of halogens is 6. The standard InChI is InChI=1S/C34H28F6N4O4/c1-4-27(34(38,39)40)42-19-14-23(36)29(24(37)15-19)31(45)43-25(33(47)48)12-17-7-9-21(30-20(17)6-5-11-41-30)28-16(2)22-13-18(35)8-10-26(22)44(3)32(28)46/h5-11,13-15,25,27,42H,4,12H2,1-3H3,(H,43,45)(H,47,48)/t25-,27+/m0/s1. The smallest absolute Gasteiger partial charge is 0.408 e. The maximum atomic E-state index is 14.9. The largest absolute Gasteiger partial charge is 0.480 e. The number of alkyl halides is 3. The number of carboxylic acid groups (broad SMARTS) is 1. The van der Waals surface area contributed by atoms with E-state index >= 15 is 0 Å². The highest BCUT2D eigenvalue weighted by atomic mass is 19.4. The average Bonchev–Trinajstić information content (AvgIpc) is 3.02. The third-order valence-electron chi connectivity index (χ3n) is 8.19. The van der Waals surface area contributed by atoms with Gasteiger partial charge in [0, 0.05) is 41.7 Å². The van der Waals surface area contributed by atoms with E-state index in [4.69, 9.17) is 0 Å². The average molecular weight is 671 g/mol. The number of anilines is 1. The number of hydrogen-bond donors (Lipinski definition) is 3. The van der Waals surface area contributed by atoms with Gasteiger partial charge in [0.05, 0.1) is 16.6 Å². The number of aryl methyl sites for hydroxylation is 2. The van der Waals surface area contributed by atoms with Crippen molar-refractivity contribution in [2.24, 2.45) is 7.05 Å². The van der Waals surface area contributed by atoms with E-state index in [0.29, 0.717) is 50.6 Å². The number of nitrogens with zero attached hydrogens (tertiary/aromatic N) is 2. The summed E-state index contributed by atoms with van der Waals surface area (Å²) in [5, 5.41) is 14.9. The monoisotopic (exact) mass is 670 g/mol. The molecule has 2 heterocycles. The van der Waals surface area contributed by atoms with Crippen molar-refractivity contribution in [2.75, 3.05) is 5.32 Å². The highest BCUT2D eigenvalue weighted by molar-refractivity contribution is 6.00. The van der Waals surface area contributed by atoms with Crippen LogP contribution in [0.4, 0.5) is 32.0 Å². The van der Waals surface area contributed by atoms with Crippen molar-refractivity contribution in [1.82, 2.24) is 14.9 Å². The van der Waals surface area contributed by atoms with Crippen molar-refractivity contribution < 1.29 is 41.0 Å². The van der Waals surface area contributed by atoms with Gasteiger partial charge in [0.25, 0.3) is 11.5 Å². The van der Waals surface area contributed by atoms with E-state index in [-0.39, 0.29) is 17.5 Å². The number of carbonyl (C=O) groups is 2. The molecule has 2 aromatic heterocycles. The Kier molecular flexibility index (Phi) is 9.20. The number of aromatic nitrogens is 2. The fraction of sp³-hybridized carbons (Fsp3) is 0.235. The molecule has 3 N–H and O–H groups in total. The molecule has 14 heteroatoms. The third kappa shape index (κ3) is 6.42. The second-order valence-corrected chi connectivity index (χ2v) is 11.2. The summed E-state index contributed by atoms with van der Waals surface area (Å²) in [5.41, 5.74) is 0.213. The Bertz CT molecular complexity index is 2120. The highest BCUT2D eigenvalue weighted by Crippen LogP contribution is 2.33. The van der Waals surface area contributed by atoms with Crippen molar-refractivity contribution in [3.8, 4) is 11.1 Å². The molecule has 0 bridgehead atoms. The number of pyridine rings is 2. The summed E-state index contributed by atoms with van der Waals surface area (Å²) in [6, 6.07) is 7.58. The Labute approximate surface area is 269 Å². The first-order valence-electron chi connectivity index (χ1n) is 14.6. The summed E-state index contributed by atoms with van der Waals surface area (Å²) in [6.45, 7) is 2.91. The van der Waals surface area contributed by atoms with E-state index in [0.717, 1.165) is 0 Å². The molecule has 0 spiro atoms. The maximum absolute atomic E-state index is 14.9. The van der Waals surface area contributed by atoms with Crippen LogP contribution in [-0.4, -0.2) is 44.8 Å². The molecule has 0 aliphatic carbocycles. The second-order valence-electron chi connectivity index (χ2n) is 11.2. The second kappa shape index (κ2) is 13.0. The SMILES string of the molecule is CC[C@@H](Nc1cc(F)c(C(=O)N[C@@H](Cc2ccc(-c3c(C)c4cc(F)ccc4n(C)c3=O)c3ncccc23)C(=O)O)c(F)c1)C(F)(F)F. The summed E-state index contributed by atoms with van der Waals surface area (Å²) < 4.78 is 84.8. The van der Waals surface area contributed by atoms with E-state index in [1.54, 1.807) is 32.2 Å². The Hall–Kier alpha value is -5.40. The van der Waals surface area contributed by atoms with E-state index in [1.807, 2.05) is 5.32 Å². The van der Waals surface area contributed by atoms with Crippen LogP contribution in [-0.2, 0) is 18.3 Å². The van der Waals surface area contributed by atoms with Gasteiger partial charge in [-0.15, -0.1) is 0 Å². The number of hydrogen-bond acceptors (Lipinski definition) is 5. The molecule has 0 saturated carbocycles. The minimum atomic E-state index is -4.70. The molecular formula is C34H28F6N4O4. The first kappa shape index (κ1) is 33.9. The lowest BCUT2D eigenvalue weighted by molar-refractivity contribution is -0.143. The molecule has 0 aliphatic heterocycles. The maximum Gasteiger partial charge on any atom is 0.408 e. The summed E-state index contributed by atoms with van der Waals surface area (Å²) in [7, 11) is 1.55. The zero-order valence-corrected chi connectivity index (χ0v) is 25.7. The van der Waals surface area contributed by atoms with Crippen LogP contribution in [0.5, 0.6) is 0 Å². The fourth-order valence-corrected chi connectivity index (χ4v) is 5.74. The quantitative estimate of drug-likeness (QED) is 0.151. The predicted molar refractivity (Wildman–Crippen MR) is 167 cm³/mol. The molecule has 5 aromatic rings. The Morgan fingerprint density at radius 2 is 1.69 bits per heavy atom. The summed E-state index contributed by atoms with van der Waals surface area (Å²) >= 11 is 0. The predicted octanol–water partition coefficient (Wildman–Crippen LogP) is 6.66. The lowest BCUT2D eigenvalue weighted by atomic mass is 9.92. The first-order valence-corrected chi connectivity index (χ1v) is 14.6. The molecule has 250 valence electrons. The van der Waals surface area contributed by atoms with Gasteiger partial charge in [-0.2, -0.15) is 13.2 Å². The van der Waals surface area contributed by atoms with Gasteiger partial charge in [0.1, 0.15) is 35.1 Å². The zero-order chi connectivity index (χ0) is 35.1. The van der Waals surface area contributed by atoms with Crippen LogP contribution in [0, 0.1) is 24.4 Å². The minimum Gasteiger partial charge on any atom is -0.480 e. The van der Waals surface area contributed by atoms with Crippen LogP contribution in [0.25, 0.3) is 32.9 Å². The minimum absolute atomic E-state index is 0.248. The molecule has 0 unspecified atom stereocenters. The molecule has 1 amide bonds. The highest BCUT2D eigenvalue weighted by Gasteiger charge is 2.38. The number of carboxylic acids is 1. The fourth-order valence-electron chi connectivity index (χ4n) is 5.74. The Morgan fingerprint density at radius 3 is 2.31 bits per heavy atom. The molecule has 0 fully saturated rings. The van der Waals surface area contributed by atoms with Gasteiger partial charge < -0.3 is 20.3 Å². The first-order chi connectivity index (χ1) is 22.6. The molecule has 48 heavy (non-hydrogen) atoms. The van der Waals surface area contributed by atoms with Crippen LogP contribution in [0.1, 0.15) is 34.8 Å². The van der Waals surface area contributed by atoms with Crippen LogP contribution in [0.3, 0.4) is 0 Å². The number of nitrogens with one attached hydrogen (secondary N) is 2. The van der Waals surface area contributed by atoms with Crippen LogP contribution in [0.15, 0.2) is 65.6 Å². The van der Waals surface area contributed by atoms with Gasteiger partial charge >= 0.3 is 12.1 Å². The van der Waals surface area contributed by atoms with Gasteiger partial charge in [0.15, 0.2) is 0 Å². The number of amides is 1. The molecule has 8 nitrogen and oxygen atoms in total. The summed E-state index contributed by atoms with van der Waals surface area (Å²) in [6.07, 6.45) is -4.05. The number of aliphatic carboxylic acids is 1. The molecular weight excluding hydrogens is 642 g/mol. The van der Waals surface area contributed by atoms with Crippen LogP contribution < -0.4 is 16.2 Å². The van der Waals surface area contributed by atoms with Gasteiger partial charge in [-0.25, -0.2) is 18.0 Å². The van der Waals surface area contributed by atoms with E-state index in [1.165, 1.54) is 42.0 Å². The Balaban J connectivity index is 1.49. The third-order valence-corrected chi connectivity index (χ3v) is 8.19. The van der Waals surface area contributed by atoms with E-state index in [9.17, 15) is 45.8 Å². The van der Waals surface area contributed by atoms with Crippen LogP contribution >= 0.6 is 0 Å². The normalized spacial score (nSPS) is 13.0. The number of benzene rings is 3. The van der Waals surface area contributed by atoms with E-state index in [2.05, 4.69) is 10.3 Å².